The van der Waals surface area contributed by atoms with E-state index in [1.165, 1.54) is 6.42 Å². The van der Waals surface area contributed by atoms with E-state index < -0.39 is 0 Å². The highest BCUT2D eigenvalue weighted by Crippen LogP contribution is 2.00. The van der Waals surface area contributed by atoms with Crippen molar-refractivity contribution in [3.63, 3.8) is 0 Å². The van der Waals surface area contributed by atoms with Crippen LogP contribution in [0.1, 0.15) is 33.6 Å². The second-order valence-electron chi connectivity index (χ2n) is 2.04. The fraction of sp³-hybridized carbons (Fsp3) is 0.750. The molecule has 0 saturated heterocycles. The molecule has 2 radical (unpaired) electrons. The van der Waals surface area contributed by atoms with Crippen LogP contribution in [0.25, 0.3) is 0 Å². The molecule has 50 valence electrons. The highest BCUT2D eigenvalue weighted by Gasteiger charge is 1.85. The SMILES string of the molecule is [CH2]C.[CH2]CCC(C)C. The Labute approximate surface area is 54.3 Å². The van der Waals surface area contributed by atoms with E-state index in [-0.39, 0.29) is 0 Å². The van der Waals surface area contributed by atoms with Crippen molar-refractivity contribution in [2.24, 2.45) is 5.92 Å². The molecular weight excluding hydrogens is 96.1 g/mol. The van der Waals surface area contributed by atoms with E-state index in [2.05, 4.69) is 27.7 Å². The van der Waals surface area contributed by atoms with Crippen LogP contribution in [0, 0.1) is 19.8 Å². The number of hydrogen-bond acceptors (Lipinski definition) is 0. The molecule has 0 spiro atoms. The third kappa shape index (κ3) is 16.7. The predicted octanol–water partition coefficient (Wildman–Crippen LogP) is 3.10. The van der Waals surface area contributed by atoms with Gasteiger partial charge in [0, 0.05) is 0 Å². The lowest BCUT2D eigenvalue weighted by molar-refractivity contribution is 0.593. The molecule has 0 aliphatic heterocycles. The van der Waals surface area contributed by atoms with E-state index >= 15 is 0 Å². The van der Waals surface area contributed by atoms with Crippen LogP contribution in [-0.2, 0) is 0 Å². The van der Waals surface area contributed by atoms with Crippen LogP contribution in [0.15, 0.2) is 0 Å². The first-order valence-electron chi connectivity index (χ1n) is 3.27. The molecule has 0 aromatic rings. The molecule has 0 heterocycles. The maximum atomic E-state index is 3.73. The van der Waals surface area contributed by atoms with Gasteiger partial charge >= 0.3 is 0 Å². The maximum absolute atomic E-state index is 3.73. The summed E-state index contributed by atoms with van der Waals surface area (Å²) >= 11 is 0. The monoisotopic (exact) mass is 114 g/mol. The Morgan fingerprint density at radius 1 is 1.25 bits per heavy atom. The first kappa shape index (κ1) is 10.9. The molecule has 0 atom stereocenters. The van der Waals surface area contributed by atoms with Crippen molar-refractivity contribution in [3.8, 4) is 0 Å². The van der Waals surface area contributed by atoms with E-state index in [1.807, 2.05) is 0 Å². The number of hydrogen-bond donors (Lipinski definition) is 0. The van der Waals surface area contributed by atoms with Gasteiger partial charge in [-0.15, -0.1) is 0 Å². The minimum atomic E-state index is 0.836. The minimum Gasteiger partial charge on any atom is -0.0654 e. The van der Waals surface area contributed by atoms with E-state index in [9.17, 15) is 0 Å². The van der Waals surface area contributed by atoms with E-state index in [0.29, 0.717) is 0 Å². The van der Waals surface area contributed by atoms with Gasteiger partial charge in [0.2, 0.25) is 0 Å². The Hall–Kier alpha value is 0. The van der Waals surface area contributed by atoms with Gasteiger partial charge in [-0.2, -0.15) is 0 Å². The van der Waals surface area contributed by atoms with Crippen molar-refractivity contribution >= 4 is 0 Å². The van der Waals surface area contributed by atoms with Crippen molar-refractivity contribution in [3.05, 3.63) is 13.8 Å². The fourth-order valence-corrected chi connectivity index (χ4v) is 0.408. The molecule has 0 aromatic heterocycles. The topological polar surface area (TPSA) is 0 Å². The second kappa shape index (κ2) is 10.1. The summed E-state index contributed by atoms with van der Waals surface area (Å²) in [5, 5.41) is 0. The van der Waals surface area contributed by atoms with Crippen molar-refractivity contribution < 1.29 is 0 Å². The van der Waals surface area contributed by atoms with Gasteiger partial charge in [0.25, 0.3) is 0 Å². The summed E-state index contributed by atoms with van der Waals surface area (Å²) in [4.78, 5) is 0. The lowest BCUT2D eigenvalue weighted by atomic mass is 10.1. The molecule has 0 aliphatic carbocycles. The molecule has 0 unspecified atom stereocenters. The van der Waals surface area contributed by atoms with Gasteiger partial charge in [0.05, 0.1) is 0 Å². The molecule has 0 saturated carbocycles. The average Bonchev–Trinajstić information content (AvgIpc) is 1.72. The summed E-state index contributed by atoms with van der Waals surface area (Å²) in [6.07, 6.45) is 2.34. The normalized spacial score (nSPS) is 8.25. The quantitative estimate of drug-likeness (QED) is 0.517. The zero-order valence-corrected chi connectivity index (χ0v) is 6.41. The average molecular weight is 114 g/mol. The van der Waals surface area contributed by atoms with Gasteiger partial charge < -0.3 is 0 Å². The summed E-state index contributed by atoms with van der Waals surface area (Å²) < 4.78 is 0. The van der Waals surface area contributed by atoms with E-state index in [4.69, 9.17) is 0 Å². The second-order valence-corrected chi connectivity index (χ2v) is 2.04. The highest BCUT2D eigenvalue weighted by atomic mass is 13.9. The van der Waals surface area contributed by atoms with Gasteiger partial charge in [-0.3, -0.25) is 0 Å². The molecule has 0 aliphatic rings. The van der Waals surface area contributed by atoms with Gasteiger partial charge in [-0.05, 0) is 5.92 Å². The van der Waals surface area contributed by atoms with Crippen LogP contribution in [0.5, 0.6) is 0 Å². The van der Waals surface area contributed by atoms with Crippen LogP contribution in [0.2, 0.25) is 0 Å². The van der Waals surface area contributed by atoms with E-state index in [0.717, 1.165) is 12.3 Å². The summed E-state index contributed by atoms with van der Waals surface area (Å²) in [6, 6.07) is 0. The molecular formula is C8H18. The van der Waals surface area contributed by atoms with Gasteiger partial charge in [0.15, 0.2) is 0 Å². The Bertz CT molecular complexity index is 21.2. The molecule has 0 aromatic carbocycles. The smallest absolute Gasteiger partial charge is 0.0471 e. The largest absolute Gasteiger partial charge is 0.0654 e. The Morgan fingerprint density at radius 3 is 1.62 bits per heavy atom. The Balaban J connectivity index is 0. The lowest BCUT2D eigenvalue weighted by Gasteiger charge is -1.95. The van der Waals surface area contributed by atoms with Crippen LogP contribution in [0.3, 0.4) is 0 Å². The summed E-state index contributed by atoms with van der Waals surface area (Å²) in [5.74, 6) is 0.836. The maximum Gasteiger partial charge on any atom is -0.0471 e. The van der Waals surface area contributed by atoms with Crippen LogP contribution in [0.4, 0.5) is 0 Å². The molecule has 0 nitrogen and oxygen atoms in total. The number of rotatable bonds is 2. The summed E-state index contributed by atoms with van der Waals surface area (Å²) in [6.45, 7) is 13.2. The van der Waals surface area contributed by atoms with Crippen molar-refractivity contribution in [2.75, 3.05) is 0 Å². The lowest BCUT2D eigenvalue weighted by Crippen LogP contribution is -1.81. The van der Waals surface area contributed by atoms with Gasteiger partial charge in [-0.25, -0.2) is 0 Å². The van der Waals surface area contributed by atoms with Gasteiger partial charge in [0.1, 0.15) is 0 Å². The van der Waals surface area contributed by atoms with Gasteiger partial charge in [-0.1, -0.05) is 47.5 Å². The Morgan fingerprint density at radius 2 is 1.62 bits per heavy atom. The van der Waals surface area contributed by atoms with Crippen LogP contribution >= 0.6 is 0 Å². The standard InChI is InChI=1S/C6H13.C2H5/c1-4-5-6(2)3;1-2/h6H,1,4-5H2,2-3H3;1H2,2H3. The first-order chi connectivity index (χ1) is 3.77. The van der Waals surface area contributed by atoms with Crippen LogP contribution < -0.4 is 0 Å². The third-order valence-corrected chi connectivity index (χ3v) is 0.781. The molecule has 0 fully saturated rings. The molecule has 0 heteroatoms. The zero-order valence-electron chi connectivity index (χ0n) is 6.41. The predicted molar refractivity (Wildman–Crippen MR) is 40.5 cm³/mol. The Kier molecular flexibility index (Phi) is 13.7. The fourth-order valence-electron chi connectivity index (χ4n) is 0.408. The van der Waals surface area contributed by atoms with Crippen molar-refractivity contribution in [1.82, 2.24) is 0 Å². The molecule has 0 rings (SSSR count). The summed E-state index contributed by atoms with van der Waals surface area (Å²) in [7, 11) is 0. The van der Waals surface area contributed by atoms with Crippen LogP contribution in [-0.4, -0.2) is 0 Å². The van der Waals surface area contributed by atoms with Crippen molar-refractivity contribution in [1.29, 1.82) is 0 Å². The molecule has 0 amide bonds. The molecule has 0 N–H and O–H groups in total. The summed E-state index contributed by atoms with van der Waals surface area (Å²) in [5.41, 5.74) is 0. The molecule has 8 heavy (non-hydrogen) atoms. The minimum absolute atomic E-state index is 0.836. The third-order valence-electron chi connectivity index (χ3n) is 0.781. The van der Waals surface area contributed by atoms with Crippen molar-refractivity contribution in [2.45, 2.75) is 33.6 Å². The highest BCUT2D eigenvalue weighted by molar-refractivity contribution is 4.44. The molecule has 0 bridgehead atoms. The first-order valence-corrected chi connectivity index (χ1v) is 3.27. The van der Waals surface area contributed by atoms with E-state index in [1.54, 1.807) is 6.92 Å². The zero-order chi connectivity index (χ0) is 6.99.